The molecule has 1 N–H and O–H groups in total. The van der Waals surface area contributed by atoms with Crippen molar-refractivity contribution in [3.05, 3.63) is 57.3 Å². The molecule has 0 saturated heterocycles. The van der Waals surface area contributed by atoms with Crippen molar-refractivity contribution in [3.8, 4) is 5.69 Å². The van der Waals surface area contributed by atoms with Crippen LogP contribution in [0.3, 0.4) is 0 Å². The van der Waals surface area contributed by atoms with Gasteiger partial charge in [-0.2, -0.15) is 5.10 Å². The second-order valence-corrected chi connectivity index (χ2v) is 7.94. The molecule has 1 aliphatic carbocycles. The Kier molecular flexibility index (Phi) is 4.31. The highest BCUT2D eigenvalue weighted by molar-refractivity contribution is 7.14. The summed E-state index contributed by atoms with van der Waals surface area (Å²) in [6.45, 7) is 2.26. The lowest BCUT2D eigenvalue weighted by atomic mass is 9.90. The van der Waals surface area contributed by atoms with E-state index in [1.54, 1.807) is 34.5 Å². The molecule has 1 atom stereocenters. The highest BCUT2D eigenvalue weighted by Crippen LogP contribution is 2.33. The molecule has 1 aromatic carbocycles. The minimum absolute atomic E-state index is 0.115. The average Bonchev–Trinajstić information content (AvgIpc) is 3.23. The van der Waals surface area contributed by atoms with E-state index >= 15 is 0 Å². The van der Waals surface area contributed by atoms with Crippen LogP contribution in [0.15, 0.2) is 36.9 Å². The number of amides is 1. The summed E-state index contributed by atoms with van der Waals surface area (Å²) in [4.78, 5) is 18.8. The van der Waals surface area contributed by atoms with Crippen molar-refractivity contribution >= 4 is 34.5 Å². The quantitative estimate of drug-likeness (QED) is 0.743. The molecule has 2 aromatic heterocycles. The normalized spacial score (nSPS) is 16.5. The molecule has 0 spiro atoms. The fourth-order valence-electron chi connectivity index (χ4n) is 3.14. The van der Waals surface area contributed by atoms with Gasteiger partial charge in [-0.1, -0.05) is 18.5 Å². The first-order valence-electron chi connectivity index (χ1n) is 8.17. The second kappa shape index (κ2) is 6.61. The van der Waals surface area contributed by atoms with Gasteiger partial charge in [0.1, 0.15) is 12.7 Å². The van der Waals surface area contributed by atoms with E-state index in [0.717, 1.165) is 23.4 Å². The van der Waals surface area contributed by atoms with Gasteiger partial charge in [-0.05, 0) is 55.0 Å². The lowest BCUT2D eigenvalue weighted by Crippen LogP contribution is -2.13. The fraction of sp³-hybridized carbons (Fsp3) is 0.278. The number of aromatic nitrogens is 3. The molecule has 1 amide bonds. The van der Waals surface area contributed by atoms with Gasteiger partial charge in [0, 0.05) is 9.90 Å². The Morgan fingerprint density at radius 1 is 1.40 bits per heavy atom. The molecule has 0 bridgehead atoms. The van der Waals surface area contributed by atoms with E-state index in [0.29, 0.717) is 16.6 Å². The van der Waals surface area contributed by atoms with Crippen molar-refractivity contribution in [2.24, 2.45) is 5.92 Å². The van der Waals surface area contributed by atoms with Crippen molar-refractivity contribution in [1.29, 1.82) is 0 Å². The van der Waals surface area contributed by atoms with E-state index in [4.69, 9.17) is 11.6 Å². The molecule has 0 aliphatic heterocycles. The standard InChI is InChI=1S/C18H17ClN4OS/c1-11-2-5-16-12(6-11)7-17(25-16)18(24)22-14-8-13(19)3-4-15(14)23-10-20-9-21-23/h3-4,7-11H,2,5-6H2,1H3,(H,22,24)/t11-/m0/s1. The van der Waals surface area contributed by atoms with Crippen molar-refractivity contribution in [3.63, 3.8) is 0 Å². The zero-order valence-corrected chi connectivity index (χ0v) is 15.3. The van der Waals surface area contributed by atoms with Gasteiger partial charge in [0.2, 0.25) is 0 Å². The Labute approximate surface area is 154 Å². The molecule has 128 valence electrons. The van der Waals surface area contributed by atoms with E-state index in [1.165, 1.54) is 23.2 Å². The minimum atomic E-state index is -0.115. The minimum Gasteiger partial charge on any atom is -0.319 e. The number of aryl methyl sites for hydroxylation is 1. The number of rotatable bonds is 3. The molecule has 3 aromatic rings. The van der Waals surface area contributed by atoms with Gasteiger partial charge in [0.25, 0.3) is 5.91 Å². The van der Waals surface area contributed by atoms with Crippen molar-refractivity contribution in [1.82, 2.24) is 14.8 Å². The molecule has 25 heavy (non-hydrogen) atoms. The summed E-state index contributed by atoms with van der Waals surface area (Å²) in [6, 6.07) is 7.34. The van der Waals surface area contributed by atoms with Crippen LogP contribution in [0, 0.1) is 5.92 Å². The van der Waals surface area contributed by atoms with E-state index in [1.807, 2.05) is 12.1 Å². The van der Waals surface area contributed by atoms with Crippen molar-refractivity contribution in [2.45, 2.75) is 26.2 Å². The number of hydrogen-bond acceptors (Lipinski definition) is 4. The maximum atomic E-state index is 12.8. The Morgan fingerprint density at radius 3 is 3.08 bits per heavy atom. The van der Waals surface area contributed by atoms with E-state index in [9.17, 15) is 4.79 Å². The predicted molar refractivity (Wildman–Crippen MR) is 99.8 cm³/mol. The van der Waals surface area contributed by atoms with Crippen LogP contribution in [0.2, 0.25) is 5.02 Å². The summed E-state index contributed by atoms with van der Waals surface area (Å²) in [5.74, 6) is 0.570. The summed E-state index contributed by atoms with van der Waals surface area (Å²) in [5.41, 5.74) is 2.66. The Bertz CT molecular complexity index is 919. The number of nitrogens with one attached hydrogen (secondary N) is 1. The number of nitrogens with zero attached hydrogens (tertiary/aromatic N) is 3. The fourth-order valence-corrected chi connectivity index (χ4v) is 4.42. The summed E-state index contributed by atoms with van der Waals surface area (Å²) >= 11 is 7.70. The van der Waals surface area contributed by atoms with Gasteiger partial charge in [0.15, 0.2) is 0 Å². The van der Waals surface area contributed by atoms with Gasteiger partial charge < -0.3 is 5.32 Å². The molecule has 1 aliphatic rings. The third-order valence-electron chi connectivity index (χ3n) is 4.43. The van der Waals surface area contributed by atoms with Crippen LogP contribution >= 0.6 is 22.9 Å². The molecular weight excluding hydrogens is 356 g/mol. The molecule has 2 heterocycles. The third kappa shape index (κ3) is 3.32. The van der Waals surface area contributed by atoms with Crippen LogP contribution in [0.1, 0.15) is 33.5 Å². The number of carbonyl (C=O) groups is 1. The SMILES string of the molecule is C[C@H]1CCc2sc(C(=O)Nc3cc(Cl)ccc3-n3cncn3)cc2C1. The summed E-state index contributed by atoms with van der Waals surface area (Å²) in [6.07, 6.45) is 6.36. The Hall–Kier alpha value is -2.18. The van der Waals surface area contributed by atoms with Crippen LogP contribution in [0.4, 0.5) is 5.69 Å². The van der Waals surface area contributed by atoms with Gasteiger partial charge in [0.05, 0.1) is 16.3 Å². The Morgan fingerprint density at radius 2 is 2.28 bits per heavy atom. The van der Waals surface area contributed by atoms with Gasteiger partial charge >= 0.3 is 0 Å². The first-order valence-corrected chi connectivity index (χ1v) is 9.37. The highest BCUT2D eigenvalue weighted by Gasteiger charge is 2.21. The predicted octanol–water partition coefficient (Wildman–Crippen LogP) is 4.36. The molecule has 0 fully saturated rings. The van der Waals surface area contributed by atoms with Crippen LogP contribution in [-0.4, -0.2) is 20.7 Å². The van der Waals surface area contributed by atoms with Gasteiger partial charge in [-0.15, -0.1) is 11.3 Å². The lowest BCUT2D eigenvalue weighted by molar-refractivity contribution is 0.103. The van der Waals surface area contributed by atoms with E-state index < -0.39 is 0 Å². The number of thiophene rings is 1. The summed E-state index contributed by atoms with van der Waals surface area (Å²) in [7, 11) is 0. The number of halogens is 1. The third-order valence-corrected chi connectivity index (χ3v) is 5.90. The summed E-state index contributed by atoms with van der Waals surface area (Å²) in [5, 5.41) is 7.66. The molecule has 0 unspecified atom stereocenters. The van der Waals surface area contributed by atoms with Crippen molar-refractivity contribution in [2.75, 3.05) is 5.32 Å². The second-order valence-electron chi connectivity index (χ2n) is 6.36. The number of fused-ring (bicyclic) bond motifs is 1. The first-order chi connectivity index (χ1) is 12.1. The zero-order chi connectivity index (χ0) is 17.4. The largest absolute Gasteiger partial charge is 0.319 e. The summed E-state index contributed by atoms with van der Waals surface area (Å²) < 4.78 is 1.60. The number of benzene rings is 1. The number of anilines is 1. The van der Waals surface area contributed by atoms with Crippen LogP contribution in [-0.2, 0) is 12.8 Å². The molecule has 4 rings (SSSR count). The van der Waals surface area contributed by atoms with Gasteiger partial charge in [-0.25, -0.2) is 9.67 Å². The molecule has 0 saturated carbocycles. The maximum Gasteiger partial charge on any atom is 0.265 e. The first kappa shape index (κ1) is 16.3. The van der Waals surface area contributed by atoms with Crippen molar-refractivity contribution < 1.29 is 4.79 Å². The molecule has 7 heteroatoms. The number of hydrogen-bond donors (Lipinski definition) is 1. The molecule has 5 nitrogen and oxygen atoms in total. The highest BCUT2D eigenvalue weighted by atomic mass is 35.5. The van der Waals surface area contributed by atoms with Crippen LogP contribution in [0.25, 0.3) is 5.69 Å². The van der Waals surface area contributed by atoms with Crippen LogP contribution < -0.4 is 5.32 Å². The van der Waals surface area contributed by atoms with Gasteiger partial charge in [-0.3, -0.25) is 4.79 Å². The van der Waals surface area contributed by atoms with E-state index in [2.05, 4.69) is 22.3 Å². The molecular formula is C18H17ClN4OS. The average molecular weight is 373 g/mol. The van der Waals surface area contributed by atoms with E-state index in [-0.39, 0.29) is 5.91 Å². The smallest absolute Gasteiger partial charge is 0.265 e. The zero-order valence-electron chi connectivity index (χ0n) is 13.7. The molecule has 0 radical (unpaired) electrons. The topological polar surface area (TPSA) is 59.8 Å². The van der Waals surface area contributed by atoms with Crippen LogP contribution in [0.5, 0.6) is 0 Å². The number of carbonyl (C=O) groups excluding carboxylic acids is 1. The monoisotopic (exact) mass is 372 g/mol. The maximum absolute atomic E-state index is 12.8. The lowest BCUT2D eigenvalue weighted by Gasteiger charge is -2.16. The Balaban J connectivity index is 1.62.